The molecule has 0 radical (unpaired) electrons. The third-order valence-electron chi connectivity index (χ3n) is 2.66. The maximum atomic E-state index is 10.7. The van der Waals surface area contributed by atoms with E-state index in [0.29, 0.717) is 0 Å². The molecule has 1 aliphatic rings. The number of benzene rings is 1. The van der Waals surface area contributed by atoms with Crippen molar-refractivity contribution in [2.75, 3.05) is 13.1 Å². The molecule has 0 aliphatic carbocycles. The molecule has 1 heterocycles. The molecule has 0 unspecified atom stereocenters. The van der Waals surface area contributed by atoms with Gasteiger partial charge in [0.2, 0.25) is 0 Å². The third-order valence-corrected chi connectivity index (χ3v) is 2.66. The summed E-state index contributed by atoms with van der Waals surface area (Å²) < 4.78 is 0. The minimum absolute atomic E-state index is 0.790. The van der Waals surface area contributed by atoms with Crippen molar-refractivity contribution in [3.63, 3.8) is 0 Å². The summed E-state index contributed by atoms with van der Waals surface area (Å²) in [6.45, 7) is 2.77. The van der Waals surface area contributed by atoms with Gasteiger partial charge in [0.25, 0.3) is 0 Å². The van der Waals surface area contributed by atoms with E-state index in [2.05, 4.69) is 29.2 Å². The average molecular weight is 201 g/mol. The molecule has 78 valence electrons. The van der Waals surface area contributed by atoms with Crippen molar-refractivity contribution < 1.29 is 4.79 Å². The Morgan fingerprint density at radius 1 is 1.27 bits per heavy atom. The molecule has 1 aromatic carbocycles. The van der Waals surface area contributed by atoms with E-state index in [1.54, 1.807) is 0 Å². The fraction of sp³-hybridized carbons (Fsp3) is 0.308. The highest BCUT2D eigenvalue weighted by molar-refractivity contribution is 5.73. The van der Waals surface area contributed by atoms with Crippen molar-refractivity contribution in [3.05, 3.63) is 47.5 Å². The van der Waals surface area contributed by atoms with Crippen LogP contribution in [0.4, 0.5) is 0 Å². The maximum absolute atomic E-state index is 10.7. The van der Waals surface area contributed by atoms with Gasteiger partial charge in [0, 0.05) is 25.2 Å². The van der Waals surface area contributed by atoms with Gasteiger partial charge >= 0.3 is 0 Å². The van der Waals surface area contributed by atoms with E-state index in [-0.39, 0.29) is 0 Å². The van der Waals surface area contributed by atoms with Crippen molar-refractivity contribution in [1.29, 1.82) is 0 Å². The van der Waals surface area contributed by atoms with Crippen molar-refractivity contribution in [2.45, 2.75) is 13.0 Å². The molecule has 2 heteroatoms. The van der Waals surface area contributed by atoms with Crippen LogP contribution in [0.5, 0.6) is 0 Å². The normalized spacial score (nSPS) is 17.2. The number of aldehydes is 1. The Balaban J connectivity index is 1.97. The molecule has 0 amide bonds. The van der Waals surface area contributed by atoms with Crippen LogP contribution in [0.25, 0.3) is 0 Å². The topological polar surface area (TPSA) is 20.3 Å². The van der Waals surface area contributed by atoms with Crippen molar-refractivity contribution in [1.82, 2.24) is 4.90 Å². The fourth-order valence-corrected chi connectivity index (χ4v) is 1.90. The molecular weight excluding hydrogens is 186 g/mol. The molecule has 0 bridgehead atoms. The summed E-state index contributed by atoms with van der Waals surface area (Å²) in [5.41, 5.74) is 2.22. The Morgan fingerprint density at radius 3 is 2.80 bits per heavy atom. The van der Waals surface area contributed by atoms with Crippen molar-refractivity contribution in [2.24, 2.45) is 0 Å². The predicted molar refractivity (Wildman–Crippen MR) is 60.5 cm³/mol. The first-order chi connectivity index (χ1) is 7.38. The van der Waals surface area contributed by atoms with E-state index < -0.39 is 0 Å². The van der Waals surface area contributed by atoms with Gasteiger partial charge in [-0.05, 0) is 12.0 Å². The molecule has 1 aliphatic heterocycles. The second kappa shape index (κ2) is 4.89. The number of rotatable bonds is 3. The van der Waals surface area contributed by atoms with Crippen LogP contribution < -0.4 is 0 Å². The molecule has 0 saturated heterocycles. The zero-order valence-corrected chi connectivity index (χ0v) is 8.73. The summed E-state index contributed by atoms with van der Waals surface area (Å²) >= 11 is 0. The van der Waals surface area contributed by atoms with E-state index in [1.807, 2.05) is 12.1 Å². The van der Waals surface area contributed by atoms with Crippen LogP contribution >= 0.6 is 0 Å². The molecule has 0 saturated carbocycles. The summed E-state index contributed by atoms with van der Waals surface area (Å²) in [4.78, 5) is 13.0. The van der Waals surface area contributed by atoms with Gasteiger partial charge in [-0.1, -0.05) is 36.4 Å². The second-order valence-electron chi connectivity index (χ2n) is 3.88. The van der Waals surface area contributed by atoms with Crippen molar-refractivity contribution >= 4 is 6.29 Å². The fourth-order valence-electron chi connectivity index (χ4n) is 1.90. The van der Waals surface area contributed by atoms with Crippen LogP contribution in [0, 0.1) is 0 Å². The molecule has 0 fully saturated rings. The van der Waals surface area contributed by atoms with E-state index >= 15 is 0 Å². The standard InChI is InChI=1S/C13H15NO/c15-11-13-7-4-8-14(10-13)9-12-5-2-1-3-6-12/h1-3,5-7,11H,4,8-10H2. The minimum atomic E-state index is 0.790. The first-order valence-electron chi connectivity index (χ1n) is 5.29. The lowest BCUT2D eigenvalue weighted by atomic mass is 10.1. The van der Waals surface area contributed by atoms with Gasteiger partial charge in [-0.3, -0.25) is 9.69 Å². The zero-order valence-electron chi connectivity index (χ0n) is 8.73. The summed E-state index contributed by atoms with van der Waals surface area (Å²) in [7, 11) is 0. The highest BCUT2D eigenvalue weighted by atomic mass is 16.1. The highest BCUT2D eigenvalue weighted by Crippen LogP contribution is 2.11. The Bertz CT molecular complexity index is 356. The van der Waals surface area contributed by atoms with E-state index in [0.717, 1.165) is 37.9 Å². The summed E-state index contributed by atoms with van der Waals surface area (Å²) in [5.74, 6) is 0. The summed E-state index contributed by atoms with van der Waals surface area (Å²) in [5, 5.41) is 0. The number of hydrogen-bond acceptors (Lipinski definition) is 2. The van der Waals surface area contributed by atoms with Crippen LogP contribution in [-0.4, -0.2) is 24.3 Å². The summed E-state index contributed by atoms with van der Waals surface area (Å²) in [6.07, 6.45) is 3.99. The predicted octanol–water partition coefficient (Wildman–Crippen LogP) is 2.02. The van der Waals surface area contributed by atoms with Crippen LogP contribution in [0.2, 0.25) is 0 Å². The van der Waals surface area contributed by atoms with Crippen molar-refractivity contribution in [3.8, 4) is 0 Å². The Labute approximate surface area is 90.2 Å². The highest BCUT2D eigenvalue weighted by Gasteiger charge is 2.11. The first kappa shape index (κ1) is 10.1. The smallest absolute Gasteiger partial charge is 0.147 e. The van der Waals surface area contributed by atoms with Gasteiger partial charge < -0.3 is 0 Å². The molecular formula is C13H15NO. The molecule has 0 N–H and O–H groups in total. The SMILES string of the molecule is O=CC1=CCCN(Cc2ccccc2)C1. The zero-order chi connectivity index (χ0) is 10.5. The van der Waals surface area contributed by atoms with E-state index in [9.17, 15) is 4.79 Å². The number of hydrogen-bond donors (Lipinski definition) is 0. The van der Waals surface area contributed by atoms with Gasteiger partial charge in [0.15, 0.2) is 0 Å². The van der Waals surface area contributed by atoms with Gasteiger partial charge in [0.1, 0.15) is 6.29 Å². The number of carbonyl (C=O) groups is 1. The third kappa shape index (κ3) is 2.77. The summed E-state index contributed by atoms with van der Waals surface area (Å²) in [6, 6.07) is 10.4. The number of nitrogens with zero attached hydrogens (tertiary/aromatic N) is 1. The van der Waals surface area contributed by atoms with Crippen LogP contribution in [0.1, 0.15) is 12.0 Å². The van der Waals surface area contributed by atoms with Gasteiger partial charge in [-0.25, -0.2) is 0 Å². The molecule has 2 nitrogen and oxygen atoms in total. The lowest BCUT2D eigenvalue weighted by molar-refractivity contribution is -0.105. The first-order valence-corrected chi connectivity index (χ1v) is 5.29. The minimum Gasteiger partial charge on any atom is -0.298 e. The molecule has 15 heavy (non-hydrogen) atoms. The number of carbonyl (C=O) groups excluding carboxylic acids is 1. The monoisotopic (exact) mass is 201 g/mol. The largest absolute Gasteiger partial charge is 0.298 e. The van der Waals surface area contributed by atoms with Gasteiger partial charge in [-0.15, -0.1) is 0 Å². The van der Waals surface area contributed by atoms with E-state index in [1.165, 1.54) is 5.56 Å². The van der Waals surface area contributed by atoms with Gasteiger partial charge in [0.05, 0.1) is 0 Å². The Morgan fingerprint density at radius 2 is 2.07 bits per heavy atom. The van der Waals surface area contributed by atoms with Crippen LogP contribution in [-0.2, 0) is 11.3 Å². The maximum Gasteiger partial charge on any atom is 0.147 e. The van der Waals surface area contributed by atoms with Gasteiger partial charge in [-0.2, -0.15) is 0 Å². The lowest BCUT2D eigenvalue weighted by Crippen LogP contribution is -2.29. The quantitative estimate of drug-likeness (QED) is 0.697. The second-order valence-corrected chi connectivity index (χ2v) is 3.88. The van der Waals surface area contributed by atoms with Crippen LogP contribution in [0.15, 0.2) is 42.0 Å². The Hall–Kier alpha value is -1.41. The average Bonchev–Trinajstić information content (AvgIpc) is 2.31. The molecule has 0 spiro atoms. The molecule has 2 rings (SSSR count). The molecule has 1 aromatic rings. The Kier molecular flexibility index (Phi) is 3.30. The lowest BCUT2D eigenvalue weighted by Gasteiger charge is -2.25. The van der Waals surface area contributed by atoms with E-state index in [4.69, 9.17) is 0 Å². The molecule has 0 atom stereocenters. The van der Waals surface area contributed by atoms with Crippen LogP contribution in [0.3, 0.4) is 0 Å². The molecule has 0 aromatic heterocycles.